The first kappa shape index (κ1) is 10.5. The van der Waals surface area contributed by atoms with Crippen LogP contribution in [0.15, 0.2) is 47.8 Å². The molecule has 2 aliphatic carbocycles. The second-order valence-electron chi connectivity index (χ2n) is 4.44. The quantitative estimate of drug-likeness (QED) is 0.551. The molecule has 0 atom stereocenters. The zero-order valence-electron chi connectivity index (χ0n) is 10.0. The Morgan fingerprint density at radius 2 is 1.47 bits per heavy atom. The van der Waals surface area contributed by atoms with Gasteiger partial charge in [-0.05, 0) is 65.2 Å². The van der Waals surface area contributed by atoms with Crippen LogP contribution in [-0.2, 0) is 0 Å². The maximum absolute atomic E-state index is 2.29. The highest BCUT2D eigenvalue weighted by atomic mass is 32.1. The highest BCUT2D eigenvalue weighted by Gasteiger charge is 2.09. The lowest BCUT2D eigenvalue weighted by molar-refractivity contribution is 1.49. The third-order valence-electron chi connectivity index (χ3n) is 3.22. The molecule has 0 radical (unpaired) electrons. The van der Waals surface area contributed by atoms with Crippen molar-refractivity contribution in [2.24, 2.45) is 0 Å². The summed E-state index contributed by atoms with van der Waals surface area (Å²) in [5, 5.41) is 2.13. The van der Waals surface area contributed by atoms with Crippen LogP contribution in [0.3, 0.4) is 0 Å². The molecule has 1 heterocycles. The zero-order valence-corrected chi connectivity index (χ0v) is 10.8. The second kappa shape index (κ2) is 4.01. The lowest BCUT2D eigenvalue weighted by Gasteiger charge is -1.98. The van der Waals surface area contributed by atoms with Crippen molar-refractivity contribution in [3.63, 3.8) is 0 Å². The summed E-state index contributed by atoms with van der Waals surface area (Å²) in [4.78, 5) is 1.34. The van der Waals surface area contributed by atoms with Crippen molar-refractivity contribution in [2.45, 2.75) is 13.8 Å². The van der Waals surface area contributed by atoms with E-state index in [1.165, 1.54) is 32.7 Å². The number of fused-ring (bicyclic) bond motifs is 1. The Labute approximate surface area is 106 Å². The Hall–Kier alpha value is -1.60. The van der Waals surface area contributed by atoms with Crippen LogP contribution in [-0.4, -0.2) is 0 Å². The molecule has 1 heteroatoms. The van der Waals surface area contributed by atoms with Gasteiger partial charge in [-0.2, -0.15) is 0 Å². The topological polar surface area (TPSA) is 0 Å². The minimum absolute atomic E-state index is 1.33. The van der Waals surface area contributed by atoms with E-state index in [1.54, 1.807) is 11.3 Å². The summed E-state index contributed by atoms with van der Waals surface area (Å²) < 4.78 is 0. The molecule has 0 fully saturated rings. The predicted octanol–water partition coefficient (Wildman–Crippen LogP) is 5.14. The van der Waals surface area contributed by atoms with Gasteiger partial charge in [0.15, 0.2) is 0 Å². The van der Waals surface area contributed by atoms with Gasteiger partial charge in [-0.15, -0.1) is 11.3 Å². The first-order valence-electron chi connectivity index (χ1n) is 5.79. The summed E-state index contributed by atoms with van der Waals surface area (Å²) in [5.41, 5.74) is 6.75. The van der Waals surface area contributed by atoms with Gasteiger partial charge >= 0.3 is 0 Å². The Morgan fingerprint density at radius 3 is 2.00 bits per heavy atom. The van der Waals surface area contributed by atoms with Gasteiger partial charge in [-0.3, -0.25) is 0 Å². The van der Waals surface area contributed by atoms with E-state index in [-0.39, 0.29) is 0 Å². The third kappa shape index (κ3) is 1.77. The maximum atomic E-state index is 2.29. The van der Waals surface area contributed by atoms with Crippen LogP contribution in [0.2, 0.25) is 0 Å². The first-order valence-corrected chi connectivity index (χ1v) is 6.67. The van der Waals surface area contributed by atoms with Gasteiger partial charge in [-0.25, -0.2) is 0 Å². The van der Waals surface area contributed by atoms with Crippen LogP contribution in [0.4, 0.5) is 0 Å². The Balaban J connectivity index is 2.32. The van der Waals surface area contributed by atoms with Crippen LogP contribution in [0.5, 0.6) is 0 Å². The second-order valence-corrected chi connectivity index (χ2v) is 5.39. The molecule has 1 aromatic heterocycles. The predicted molar refractivity (Wildman–Crippen MR) is 75.9 cm³/mol. The molecule has 0 bridgehead atoms. The molecule has 17 heavy (non-hydrogen) atoms. The highest BCUT2D eigenvalue weighted by Crippen LogP contribution is 2.33. The molecule has 0 N–H and O–H groups in total. The fourth-order valence-corrected chi connectivity index (χ4v) is 3.07. The summed E-state index contributed by atoms with van der Waals surface area (Å²) in [5.74, 6) is 0. The van der Waals surface area contributed by atoms with E-state index in [0.29, 0.717) is 0 Å². The van der Waals surface area contributed by atoms with E-state index in [2.05, 4.69) is 61.7 Å². The highest BCUT2D eigenvalue weighted by molar-refractivity contribution is 7.13. The van der Waals surface area contributed by atoms with Crippen LogP contribution in [0.1, 0.15) is 11.1 Å². The monoisotopic (exact) mass is 238 g/mol. The molecule has 0 spiro atoms. The Morgan fingerprint density at radius 1 is 0.824 bits per heavy atom. The molecule has 0 aromatic carbocycles. The maximum Gasteiger partial charge on any atom is 0.0342 e. The number of aryl methyl sites for hydroxylation is 2. The number of hydrogen-bond donors (Lipinski definition) is 0. The fraction of sp³-hybridized carbons (Fsp3) is 0.125. The summed E-state index contributed by atoms with van der Waals surface area (Å²) in [7, 11) is 0. The molecule has 0 aliphatic heterocycles. The standard InChI is InChI=1S/C16H14S/c1-11-9-13(16-7-4-8-17-16)10-12(2)15-6-3-5-14(11)15/h3-10H,1-2H3. The average Bonchev–Trinajstić information content (AvgIpc) is 2.97. The molecular weight excluding hydrogens is 224 g/mol. The van der Waals surface area contributed by atoms with Crippen molar-refractivity contribution in [1.82, 2.24) is 0 Å². The van der Waals surface area contributed by atoms with Gasteiger partial charge in [-0.1, -0.05) is 24.3 Å². The van der Waals surface area contributed by atoms with Crippen molar-refractivity contribution in [1.29, 1.82) is 0 Å². The van der Waals surface area contributed by atoms with Gasteiger partial charge in [0.1, 0.15) is 0 Å². The Kier molecular flexibility index (Phi) is 2.49. The first-order chi connectivity index (χ1) is 8.25. The van der Waals surface area contributed by atoms with E-state index in [1.807, 2.05) is 0 Å². The molecule has 0 unspecified atom stereocenters. The van der Waals surface area contributed by atoms with E-state index >= 15 is 0 Å². The lowest BCUT2D eigenvalue weighted by Crippen LogP contribution is -1.75. The molecule has 0 saturated heterocycles. The molecule has 3 rings (SSSR count). The molecule has 0 amide bonds. The van der Waals surface area contributed by atoms with E-state index in [4.69, 9.17) is 0 Å². The summed E-state index contributed by atoms with van der Waals surface area (Å²) in [6.07, 6.45) is 0. The molecule has 1 aromatic rings. The molecule has 84 valence electrons. The fourth-order valence-electron chi connectivity index (χ4n) is 2.36. The molecule has 0 saturated carbocycles. The van der Waals surface area contributed by atoms with Crippen molar-refractivity contribution >= 4 is 11.3 Å². The molecule has 0 nitrogen and oxygen atoms in total. The zero-order chi connectivity index (χ0) is 11.8. The number of rotatable bonds is 1. The van der Waals surface area contributed by atoms with Crippen molar-refractivity contribution in [3.8, 4) is 21.6 Å². The van der Waals surface area contributed by atoms with E-state index in [0.717, 1.165) is 0 Å². The largest absolute Gasteiger partial charge is 0.144 e. The number of hydrogen-bond acceptors (Lipinski definition) is 1. The van der Waals surface area contributed by atoms with Gasteiger partial charge in [0, 0.05) is 4.88 Å². The minimum atomic E-state index is 1.33. The number of thiophene rings is 1. The van der Waals surface area contributed by atoms with Gasteiger partial charge in [0.05, 0.1) is 0 Å². The van der Waals surface area contributed by atoms with Crippen LogP contribution >= 0.6 is 11.3 Å². The lowest BCUT2D eigenvalue weighted by atomic mass is 10.1. The van der Waals surface area contributed by atoms with E-state index < -0.39 is 0 Å². The molecule has 2 aliphatic rings. The van der Waals surface area contributed by atoms with Crippen LogP contribution in [0, 0.1) is 13.8 Å². The normalized spacial score (nSPS) is 10.9. The average molecular weight is 238 g/mol. The smallest absolute Gasteiger partial charge is 0.0342 e. The van der Waals surface area contributed by atoms with Gasteiger partial charge < -0.3 is 0 Å². The summed E-state index contributed by atoms with van der Waals surface area (Å²) in [6.45, 7) is 4.39. The van der Waals surface area contributed by atoms with Gasteiger partial charge in [0.25, 0.3) is 0 Å². The summed E-state index contributed by atoms with van der Waals surface area (Å²) in [6, 6.07) is 15.4. The van der Waals surface area contributed by atoms with Crippen molar-refractivity contribution in [2.75, 3.05) is 0 Å². The van der Waals surface area contributed by atoms with E-state index in [9.17, 15) is 0 Å². The van der Waals surface area contributed by atoms with Crippen LogP contribution < -0.4 is 0 Å². The molecular formula is C16H14S. The minimum Gasteiger partial charge on any atom is -0.144 e. The van der Waals surface area contributed by atoms with Crippen LogP contribution in [0.25, 0.3) is 21.6 Å². The van der Waals surface area contributed by atoms with Crippen molar-refractivity contribution in [3.05, 3.63) is 59.0 Å². The van der Waals surface area contributed by atoms with Crippen molar-refractivity contribution < 1.29 is 0 Å². The van der Waals surface area contributed by atoms with Gasteiger partial charge in [0.2, 0.25) is 0 Å². The summed E-state index contributed by atoms with van der Waals surface area (Å²) >= 11 is 1.80. The SMILES string of the molecule is Cc1cc(-c2cccs2)cc(C)c2cccc1-2. The Bertz CT molecular complexity index is 584. The third-order valence-corrected chi connectivity index (χ3v) is 4.13.